The molecule has 2 aliphatic heterocycles. The Morgan fingerprint density at radius 3 is 2.81 bits per heavy atom. The smallest absolute Gasteiger partial charge is 0.269 e. The molecule has 7 heteroatoms. The van der Waals surface area contributed by atoms with Crippen molar-refractivity contribution in [3.05, 3.63) is 47.4 Å². The SMILES string of the molecule is C#Cc1ccnc(CC=O)c1.CC.CCNC(=O)c1ccc2c(n1)N(C)C1CCN2C1. The van der Waals surface area contributed by atoms with Gasteiger partial charge in [0.2, 0.25) is 0 Å². The lowest BCUT2D eigenvalue weighted by Gasteiger charge is -2.34. The summed E-state index contributed by atoms with van der Waals surface area (Å²) in [5.74, 6) is 3.31. The summed E-state index contributed by atoms with van der Waals surface area (Å²) in [5.41, 5.74) is 3.14. The van der Waals surface area contributed by atoms with Crippen LogP contribution in [0.15, 0.2) is 30.5 Å². The quantitative estimate of drug-likeness (QED) is 0.604. The van der Waals surface area contributed by atoms with E-state index in [9.17, 15) is 9.59 Å². The minimum atomic E-state index is -0.0957. The Bertz CT molecular complexity index is 938. The number of rotatable bonds is 4. The van der Waals surface area contributed by atoms with E-state index >= 15 is 0 Å². The molecule has 4 heterocycles. The molecule has 1 amide bonds. The summed E-state index contributed by atoms with van der Waals surface area (Å²) >= 11 is 0. The van der Waals surface area contributed by atoms with E-state index in [0.29, 0.717) is 24.7 Å². The predicted molar refractivity (Wildman–Crippen MR) is 125 cm³/mol. The molecule has 1 atom stereocenters. The van der Waals surface area contributed by atoms with Crippen molar-refractivity contribution in [1.82, 2.24) is 15.3 Å². The van der Waals surface area contributed by atoms with E-state index in [1.54, 1.807) is 18.3 Å². The number of fused-ring (bicyclic) bond motifs is 4. The average molecular weight is 422 g/mol. The number of hydrogen-bond donors (Lipinski definition) is 1. The summed E-state index contributed by atoms with van der Waals surface area (Å²) in [6, 6.07) is 7.83. The van der Waals surface area contributed by atoms with E-state index in [0.717, 1.165) is 42.1 Å². The van der Waals surface area contributed by atoms with Crippen molar-refractivity contribution in [2.24, 2.45) is 0 Å². The van der Waals surface area contributed by atoms with Crippen molar-refractivity contribution in [2.75, 3.05) is 36.5 Å². The van der Waals surface area contributed by atoms with Crippen LogP contribution in [0, 0.1) is 12.3 Å². The zero-order valence-electron chi connectivity index (χ0n) is 18.8. The lowest BCUT2D eigenvalue weighted by Crippen LogP contribution is -2.40. The normalized spacial score (nSPS) is 15.4. The Morgan fingerprint density at radius 1 is 1.35 bits per heavy atom. The zero-order chi connectivity index (χ0) is 22.8. The van der Waals surface area contributed by atoms with Gasteiger partial charge in [-0.05, 0) is 37.6 Å². The number of nitrogens with one attached hydrogen (secondary N) is 1. The van der Waals surface area contributed by atoms with Crippen molar-refractivity contribution >= 4 is 23.7 Å². The molecular formula is C24H31N5O2. The molecule has 0 aliphatic carbocycles. The summed E-state index contributed by atoms with van der Waals surface area (Å²) in [7, 11) is 2.07. The Kier molecular flexibility index (Phi) is 9.01. The molecule has 2 aromatic rings. The summed E-state index contributed by atoms with van der Waals surface area (Å²) in [6.45, 7) is 8.70. The van der Waals surface area contributed by atoms with Gasteiger partial charge in [0.25, 0.3) is 5.91 Å². The highest BCUT2D eigenvalue weighted by Gasteiger charge is 2.35. The van der Waals surface area contributed by atoms with Gasteiger partial charge in [0.1, 0.15) is 12.0 Å². The maximum absolute atomic E-state index is 11.8. The number of carbonyl (C=O) groups excluding carboxylic acids is 2. The zero-order valence-corrected chi connectivity index (χ0v) is 18.8. The van der Waals surface area contributed by atoms with E-state index in [4.69, 9.17) is 6.42 Å². The molecule has 7 nitrogen and oxygen atoms in total. The Balaban J connectivity index is 0.000000226. The van der Waals surface area contributed by atoms with Gasteiger partial charge in [0.05, 0.1) is 5.69 Å². The van der Waals surface area contributed by atoms with Crippen molar-refractivity contribution in [3.63, 3.8) is 0 Å². The third-order valence-electron chi connectivity index (χ3n) is 5.09. The number of nitrogens with zero attached hydrogens (tertiary/aromatic N) is 4. The van der Waals surface area contributed by atoms with Crippen molar-refractivity contribution < 1.29 is 9.59 Å². The predicted octanol–water partition coefficient (Wildman–Crippen LogP) is 2.69. The Hall–Kier alpha value is -3.40. The van der Waals surface area contributed by atoms with Crippen LogP contribution in [0.3, 0.4) is 0 Å². The highest BCUT2D eigenvalue weighted by Crippen LogP contribution is 2.37. The molecule has 0 aromatic carbocycles. The number of likely N-dealkylation sites (N-methyl/N-ethyl adjacent to an activating group) is 1. The number of pyridine rings is 2. The Labute approximate surface area is 184 Å². The second-order valence-electron chi connectivity index (χ2n) is 6.95. The van der Waals surface area contributed by atoms with Gasteiger partial charge in [0.15, 0.2) is 5.82 Å². The van der Waals surface area contributed by atoms with Crippen LogP contribution in [0.2, 0.25) is 0 Å². The number of aldehydes is 1. The summed E-state index contributed by atoms with van der Waals surface area (Å²) in [4.78, 5) is 34.9. The highest BCUT2D eigenvalue weighted by atomic mass is 16.1. The molecule has 1 fully saturated rings. The number of amides is 1. The molecule has 1 unspecified atom stereocenters. The van der Waals surface area contributed by atoms with Gasteiger partial charge < -0.3 is 19.9 Å². The molecular weight excluding hydrogens is 390 g/mol. The van der Waals surface area contributed by atoms with Crippen LogP contribution < -0.4 is 15.1 Å². The van der Waals surface area contributed by atoms with Crippen molar-refractivity contribution in [3.8, 4) is 12.3 Å². The van der Waals surface area contributed by atoms with Gasteiger partial charge in [-0.3, -0.25) is 9.78 Å². The molecule has 0 radical (unpaired) electrons. The van der Waals surface area contributed by atoms with Gasteiger partial charge in [-0.2, -0.15) is 0 Å². The van der Waals surface area contributed by atoms with Gasteiger partial charge in [-0.1, -0.05) is 19.8 Å². The average Bonchev–Trinajstić information content (AvgIpc) is 3.26. The molecule has 1 N–H and O–H groups in total. The number of hydrogen-bond acceptors (Lipinski definition) is 6. The molecule has 4 rings (SSSR count). The van der Waals surface area contributed by atoms with Crippen molar-refractivity contribution in [2.45, 2.75) is 39.7 Å². The minimum absolute atomic E-state index is 0.0957. The van der Waals surface area contributed by atoms with E-state index in [-0.39, 0.29) is 5.91 Å². The molecule has 2 aromatic heterocycles. The molecule has 2 aliphatic rings. The number of aromatic nitrogens is 2. The van der Waals surface area contributed by atoms with Crippen molar-refractivity contribution in [1.29, 1.82) is 0 Å². The first-order chi connectivity index (χ1) is 15.1. The van der Waals surface area contributed by atoms with E-state index < -0.39 is 0 Å². The highest BCUT2D eigenvalue weighted by molar-refractivity contribution is 5.93. The molecule has 164 valence electrons. The summed E-state index contributed by atoms with van der Waals surface area (Å²) in [6.07, 6.45) is 9.06. The van der Waals surface area contributed by atoms with E-state index in [1.165, 1.54) is 6.42 Å². The van der Waals surface area contributed by atoms with Crippen LogP contribution in [0.25, 0.3) is 0 Å². The Morgan fingerprint density at radius 2 is 2.13 bits per heavy atom. The van der Waals surface area contributed by atoms with Crippen LogP contribution in [-0.4, -0.2) is 54.9 Å². The first kappa shape index (κ1) is 23.9. The first-order valence-electron chi connectivity index (χ1n) is 10.7. The van der Waals surface area contributed by atoms with Gasteiger partial charge >= 0.3 is 0 Å². The fourth-order valence-electron chi connectivity index (χ4n) is 3.54. The lowest BCUT2D eigenvalue weighted by molar-refractivity contribution is -0.107. The van der Waals surface area contributed by atoms with E-state index in [1.807, 2.05) is 32.9 Å². The van der Waals surface area contributed by atoms with Gasteiger partial charge in [0, 0.05) is 56.6 Å². The van der Waals surface area contributed by atoms with Crippen LogP contribution in [0.1, 0.15) is 48.9 Å². The van der Waals surface area contributed by atoms with Crippen LogP contribution in [-0.2, 0) is 11.2 Å². The largest absolute Gasteiger partial charge is 0.366 e. The maximum Gasteiger partial charge on any atom is 0.269 e. The first-order valence-corrected chi connectivity index (χ1v) is 10.7. The second-order valence-corrected chi connectivity index (χ2v) is 6.95. The van der Waals surface area contributed by atoms with Gasteiger partial charge in [-0.15, -0.1) is 6.42 Å². The molecule has 2 bridgehead atoms. The minimum Gasteiger partial charge on any atom is -0.366 e. The third-order valence-corrected chi connectivity index (χ3v) is 5.09. The molecule has 0 spiro atoms. The van der Waals surface area contributed by atoms with Gasteiger partial charge in [-0.25, -0.2) is 4.98 Å². The van der Waals surface area contributed by atoms with Crippen LogP contribution in [0.5, 0.6) is 0 Å². The second kappa shape index (κ2) is 11.7. The summed E-state index contributed by atoms with van der Waals surface area (Å²) < 4.78 is 0. The molecule has 31 heavy (non-hydrogen) atoms. The third kappa shape index (κ3) is 5.82. The lowest BCUT2D eigenvalue weighted by atomic mass is 10.2. The number of anilines is 2. The molecule has 0 saturated carbocycles. The van der Waals surface area contributed by atoms with E-state index in [2.05, 4.69) is 38.1 Å². The van der Waals surface area contributed by atoms with Crippen LogP contribution in [0.4, 0.5) is 11.5 Å². The maximum atomic E-state index is 11.8. The fourth-order valence-corrected chi connectivity index (χ4v) is 3.54. The fraction of sp³-hybridized carbons (Fsp3) is 0.417. The number of terminal acetylenes is 1. The monoisotopic (exact) mass is 421 g/mol. The molecule has 1 saturated heterocycles. The summed E-state index contributed by atoms with van der Waals surface area (Å²) in [5, 5.41) is 2.79. The topological polar surface area (TPSA) is 78.4 Å². The van der Waals surface area contributed by atoms with Crippen LogP contribution >= 0.6 is 0 Å². The number of carbonyl (C=O) groups is 2. The standard InChI is InChI=1S/C13H18N4O.C9H7NO.C2H6/c1-3-14-13(18)10-4-5-11-12(15-10)16(2)9-6-7-17(11)8-9;1-2-8-3-5-10-9(7-8)4-6-11;1-2/h4-5,9H,3,6-8H2,1-2H3,(H,14,18);1,3,5-7H,4H2;1-2H3.